The molecule has 2 aromatic rings. The van der Waals surface area contributed by atoms with Crippen LogP contribution in [0.3, 0.4) is 0 Å². The Bertz CT molecular complexity index is 725. The van der Waals surface area contributed by atoms with Gasteiger partial charge < -0.3 is 9.26 Å². The summed E-state index contributed by atoms with van der Waals surface area (Å²) in [6.07, 6.45) is 1.02. The predicted octanol–water partition coefficient (Wildman–Crippen LogP) is 3.03. The van der Waals surface area contributed by atoms with Crippen LogP contribution in [0.25, 0.3) is 10.8 Å². The summed E-state index contributed by atoms with van der Waals surface area (Å²) in [5, 5.41) is 1.71. The Morgan fingerprint density at radius 3 is 2.68 bits per heavy atom. The smallest absolute Gasteiger partial charge is 0.456 e. The second-order valence-electron chi connectivity index (χ2n) is 4.31. The van der Waals surface area contributed by atoms with Crippen LogP contribution >= 0.6 is 7.75 Å². The van der Waals surface area contributed by atoms with Gasteiger partial charge in [-0.1, -0.05) is 43.0 Å². The number of esters is 1. The van der Waals surface area contributed by atoms with Crippen LogP contribution in [0.1, 0.15) is 0 Å². The van der Waals surface area contributed by atoms with Crippen molar-refractivity contribution in [2.45, 2.75) is 0 Å². The van der Waals surface area contributed by atoms with E-state index in [0.29, 0.717) is 5.75 Å². The van der Waals surface area contributed by atoms with E-state index in [1.54, 1.807) is 12.1 Å². The summed E-state index contributed by atoms with van der Waals surface area (Å²) < 4.78 is 27.1. The third-order valence-corrected chi connectivity index (χ3v) is 3.73. The molecule has 1 unspecified atom stereocenters. The number of nitrogens with two attached hydrogens (primary N) is 1. The summed E-state index contributed by atoms with van der Waals surface area (Å²) in [4.78, 5) is 10.8. The molecular formula is C15H16NO5P. The molecule has 2 N–H and O–H groups in total. The van der Waals surface area contributed by atoms with E-state index in [1.807, 2.05) is 30.3 Å². The zero-order valence-electron chi connectivity index (χ0n) is 11.8. The van der Waals surface area contributed by atoms with Gasteiger partial charge in [0, 0.05) is 11.5 Å². The van der Waals surface area contributed by atoms with E-state index >= 15 is 0 Å². The van der Waals surface area contributed by atoms with Gasteiger partial charge in [-0.2, -0.15) is 0 Å². The average molecular weight is 321 g/mol. The highest BCUT2D eigenvalue weighted by Crippen LogP contribution is 2.42. The van der Waals surface area contributed by atoms with Gasteiger partial charge in [0.05, 0.1) is 6.61 Å². The van der Waals surface area contributed by atoms with Crippen LogP contribution in [-0.4, -0.2) is 19.2 Å². The topological polar surface area (TPSA) is 87.9 Å². The molecule has 6 nitrogen and oxygen atoms in total. The summed E-state index contributed by atoms with van der Waals surface area (Å²) in [5.74, 6) is -0.225. The molecule has 0 heterocycles. The van der Waals surface area contributed by atoms with E-state index < -0.39 is 13.7 Å². The number of hydrogen-bond acceptors (Lipinski definition) is 5. The molecule has 0 bridgehead atoms. The van der Waals surface area contributed by atoms with Crippen LogP contribution in [-0.2, 0) is 18.6 Å². The molecule has 2 rings (SSSR count). The van der Waals surface area contributed by atoms with Gasteiger partial charge in [0.25, 0.3) is 0 Å². The molecule has 0 aliphatic carbocycles. The normalized spacial score (nSPS) is 13.3. The van der Waals surface area contributed by atoms with Gasteiger partial charge in [0.1, 0.15) is 12.4 Å². The monoisotopic (exact) mass is 321 g/mol. The predicted molar refractivity (Wildman–Crippen MR) is 83.5 cm³/mol. The minimum absolute atomic E-state index is 0.0923. The SMILES string of the molecule is C=CC(=O)OCCOP(N)(=O)Oc1cccc2ccccc12. The van der Waals surface area contributed by atoms with Crippen molar-refractivity contribution < 1.29 is 23.1 Å². The van der Waals surface area contributed by atoms with Crippen molar-refractivity contribution in [2.75, 3.05) is 13.2 Å². The molecule has 0 spiro atoms. The molecule has 0 fully saturated rings. The molecule has 7 heteroatoms. The minimum atomic E-state index is -3.80. The molecule has 0 aromatic heterocycles. The molecule has 0 radical (unpaired) electrons. The van der Waals surface area contributed by atoms with Crippen molar-refractivity contribution in [3.63, 3.8) is 0 Å². The van der Waals surface area contributed by atoms with Crippen molar-refractivity contribution >= 4 is 24.5 Å². The van der Waals surface area contributed by atoms with Crippen molar-refractivity contribution in [3.8, 4) is 5.75 Å². The fraction of sp³-hybridized carbons (Fsp3) is 0.133. The van der Waals surface area contributed by atoms with Gasteiger partial charge in [0.15, 0.2) is 0 Å². The number of hydrogen-bond donors (Lipinski definition) is 1. The molecular weight excluding hydrogens is 305 g/mol. The molecule has 0 aliphatic rings. The zero-order chi connectivity index (χ0) is 16.0. The first-order chi connectivity index (χ1) is 10.5. The van der Waals surface area contributed by atoms with Gasteiger partial charge in [0.2, 0.25) is 0 Å². The summed E-state index contributed by atoms with van der Waals surface area (Å²) in [6, 6.07) is 12.8. The minimum Gasteiger partial charge on any atom is -0.460 e. The molecule has 1 atom stereocenters. The maximum Gasteiger partial charge on any atom is 0.456 e. The van der Waals surface area contributed by atoms with Crippen molar-refractivity contribution in [3.05, 3.63) is 55.1 Å². The van der Waals surface area contributed by atoms with E-state index in [2.05, 4.69) is 6.58 Å². The first kappa shape index (κ1) is 16.2. The molecule has 22 heavy (non-hydrogen) atoms. The van der Waals surface area contributed by atoms with Crippen molar-refractivity contribution in [1.82, 2.24) is 0 Å². The molecule has 0 aliphatic heterocycles. The van der Waals surface area contributed by atoms with Gasteiger partial charge >= 0.3 is 13.7 Å². The lowest BCUT2D eigenvalue weighted by Gasteiger charge is -2.15. The second kappa shape index (κ2) is 7.22. The largest absolute Gasteiger partial charge is 0.460 e. The lowest BCUT2D eigenvalue weighted by Crippen LogP contribution is -2.12. The van der Waals surface area contributed by atoms with Crippen LogP contribution in [0.15, 0.2) is 55.1 Å². The molecule has 0 saturated heterocycles. The Labute approximate surface area is 128 Å². The lowest BCUT2D eigenvalue weighted by atomic mass is 10.1. The van der Waals surface area contributed by atoms with E-state index in [9.17, 15) is 9.36 Å². The molecule has 2 aromatic carbocycles. The fourth-order valence-electron chi connectivity index (χ4n) is 1.80. The van der Waals surface area contributed by atoms with Crippen LogP contribution in [0.2, 0.25) is 0 Å². The Morgan fingerprint density at radius 1 is 1.18 bits per heavy atom. The Morgan fingerprint density at radius 2 is 1.91 bits per heavy atom. The van der Waals surface area contributed by atoms with Crippen LogP contribution in [0, 0.1) is 0 Å². The highest BCUT2D eigenvalue weighted by atomic mass is 31.2. The molecule has 0 amide bonds. The molecule has 116 valence electrons. The first-order valence-corrected chi connectivity index (χ1v) is 8.13. The first-order valence-electron chi connectivity index (χ1n) is 6.51. The lowest BCUT2D eigenvalue weighted by molar-refractivity contribution is -0.138. The highest BCUT2D eigenvalue weighted by Gasteiger charge is 2.21. The number of fused-ring (bicyclic) bond motifs is 1. The number of rotatable bonds is 7. The van der Waals surface area contributed by atoms with Crippen LogP contribution in [0.5, 0.6) is 5.75 Å². The standard InChI is InChI=1S/C15H16NO5P/c1-2-15(17)19-10-11-20-22(16,18)21-14-9-5-7-12-6-3-4-8-13(12)14/h2-9H,1,10-11H2,(H2,16,18). The Balaban J connectivity index is 2.00. The fourth-order valence-corrected chi connectivity index (χ4v) is 2.62. The van der Waals surface area contributed by atoms with E-state index in [1.165, 1.54) is 0 Å². The van der Waals surface area contributed by atoms with Gasteiger partial charge in [-0.15, -0.1) is 0 Å². The van der Waals surface area contributed by atoms with Crippen molar-refractivity contribution in [2.24, 2.45) is 5.50 Å². The quantitative estimate of drug-likeness (QED) is 0.365. The Hall–Kier alpha value is -2.14. The summed E-state index contributed by atoms with van der Waals surface area (Å²) in [7, 11) is -3.80. The maximum absolute atomic E-state index is 12.1. The second-order valence-corrected chi connectivity index (χ2v) is 5.83. The maximum atomic E-state index is 12.1. The van der Waals surface area contributed by atoms with E-state index in [4.69, 9.17) is 19.3 Å². The van der Waals surface area contributed by atoms with Gasteiger partial charge in [-0.05, 0) is 11.5 Å². The summed E-state index contributed by atoms with van der Waals surface area (Å²) in [6.45, 7) is 3.02. The third kappa shape index (κ3) is 4.43. The van der Waals surface area contributed by atoms with Crippen LogP contribution in [0.4, 0.5) is 0 Å². The number of ether oxygens (including phenoxy) is 1. The summed E-state index contributed by atoms with van der Waals surface area (Å²) >= 11 is 0. The molecule has 0 saturated carbocycles. The third-order valence-electron chi connectivity index (χ3n) is 2.74. The average Bonchev–Trinajstić information content (AvgIpc) is 2.51. The van der Waals surface area contributed by atoms with Crippen LogP contribution < -0.4 is 10.0 Å². The number of carbonyl (C=O) groups excluding carboxylic acids is 1. The number of carbonyl (C=O) groups is 1. The van der Waals surface area contributed by atoms with E-state index in [0.717, 1.165) is 16.8 Å². The number of benzene rings is 2. The Kier molecular flexibility index (Phi) is 5.33. The van der Waals surface area contributed by atoms with E-state index in [-0.39, 0.29) is 13.2 Å². The summed E-state index contributed by atoms with van der Waals surface area (Å²) in [5.41, 5.74) is 5.54. The highest BCUT2D eigenvalue weighted by molar-refractivity contribution is 7.51. The van der Waals surface area contributed by atoms with Crippen molar-refractivity contribution in [1.29, 1.82) is 0 Å². The van der Waals surface area contributed by atoms with Gasteiger partial charge in [-0.3, -0.25) is 4.52 Å². The van der Waals surface area contributed by atoms with Gasteiger partial charge in [-0.25, -0.2) is 14.9 Å². The zero-order valence-corrected chi connectivity index (χ0v) is 12.7.